The van der Waals surface area contributed by atoms with E-state index in [0.29, 0.717) is 6.42 Å². The molecule has 0 saturated carbocycles. The first-order chi connectivity index (χ1) is 17.1. The summed E-state index contributed by atoms with van der Waals surface area (Å²) in [4.78, 5) is 2.51. The number of anilines is 1. The fourth-order valence-corrected chi connectivity index (χ4v) is 3.83. The fourth-order valence-electron chi connectivity index (χ4n) is 3.58. The molecule has 1 aromatic carbocycles. The van der Waals surface area contributed by atoms with Gasteiger partial charge >= 0.3 is 0 Å². The van der Waals surface area contributed by atoms with E-state index in [1.807, 2.05) is 30.6 Å². The van der Waals surface area contributed by atoms with Crippen molar-refractivity contribution in [2.45, 2.75) is 58.9 Å². The molecule has 0 bridgehead atoms. The van der Waals surface area contributed by atoms with Gasteiger partial charge in [-0.2, -0.15) is 0 Å². The molecule has 1 unspecified atom stereocenters. The van der Waals surface area contributed by atoms with Crippen LogP contribution >= 0.6 is 0 Å². The van der Waals surface area contributed by atoms with Crippen LogP contribution in [0.1, 0.15) is 63.5 Å². The first kappa shape index (κ1) is 28.7. The predicted molar refractivity (Wildman–Crippen MR) is 146 cm³/mol. The van der Waals surface area contributed by atoms with Crippen LogP contribution in [-0.2, 0) is 22.1 Å². The quantitative estimate of drug-likeness (QED) is 0.112. The number of allylic oxidation sites excluding steroid dienone is 4. The Morgan fingerprint density at radius 1 is 0.829 bits per heavy atom. The van der Waals surface area contributed by atoms with E-state index in [1.54, 1.807) is 0 Å². The van der Waals surface area contributed by atoms with E-state index in [1.165, 1.54) is 36.9 Å². The van der Waals surface area contributed by atoms with Crippen molar-refractivity contribution >= 4 is 29.2 Å². The molecule has 6 heteroatoms. The second-order valence-corrected chi connectivity index (χ2v) is 9.14. The van der Waals surface area contributed by atoms with Crippen molar-refractivity contribution in [3.05, 3.63) is 84.2 Å². The topological polar surface area (TPSA) is 56.5 Å². The van der Waals surface area contributed by atoms with Gasteiger partial charge in [-0.3, -0.25) is 0 Å². The number of nitrogens with zero attached hydrogens (tertiary/aromatic N) is 2. The van der Waals surface area contributed by atoms with Gasteiger partial charge in [-0.15, -0.1) is 0 Å². The number of aromatic nitrogens is 1. The van der Waals surface area contributed by atoms with Gasteiger partial charge in [-0.1, -0.05) is 75.3 Å². The van der Waals surface area contributed by atoms with Gasteiger partial charge in [0.15, 0.2) is 12.4 Å². The van der Waals surface area contributed by atoms with Crippen LogP contribution in [0.25, 0.3) is 12.2 Å². The highest BCUT2D eigenvalue weighted by Gasteiger charge is 2.05. The summed E-state index contributed by atoms with van der Waals surface area (Å²) in [6, 6.07) is 13.0. The first-order valence-electron chi connectivity index (χ1n) is 12.7. The van der Waals surface area contributed by atoms with Crippen molar-refractivity contribution in [3.8, 4) is 0 Å². The van der Waals surface area contributed by atoms with E-state index in [-0.39, 0.29) is 6.61 Å². The standard InChI is InChI=1S/C29H40N2O3S/c1-3-5-22-31(23-6-4-2)29-17-15-27(16-18-29)13-9-7-8-10-14-28-19-24-30(25-20-28)21-11-12-26-34-35(32)33/h7-10,13-20,24-25H,3-6,11-12,21-23,26H2,1-2H3. The van der Waals surface area contributed by atoms with Crippen LogP contribution in [0.15, 0.2) is 73.1 Å². The molecule has 0 spiro atoms. The van der Waals surface area contributed by atoms with Gasteiger partial charge in [-0.05, 0) is 42.5 Å². The van der Waals surface area contributed by atoms with Gasteiger partial charge < -0.3 is 13.6 Å². The summed E-state index contributed by atoms with van der Waals surface area (Å²) in [6.45, 7) is 7.82. The predicted octanol–water partition coefficient (Wildman–Crippen LogP) is 6.25. The van der Waals surface area contributed by atoms with Crippen LogP contribution in [0.2, 0.25) is 0 Å². The summed E-state index contributed by atoms with van der Waals surface area (Å²) in [5.74, 6) is 0. The lowest BCUT2D eigenvalue weighted by Gasteiger charge is -2.24. The fraction of sp³-hybridized carbons (Fsp3) is 0.414. The van der Waals surface area contributed by atoms with Crippen LogP contribution in [0.5, 0.6) is 0 Å². The monoisotopic (exact) mass is 496 g/mol. The second kappa shape index (κ2) is 17.8. The van der Waals surface area contributed by atoms with Crippen molar-refractivity contribution in [1.82, 2.24) is 0 Å². The van der Waals surface area contributed by atoms with Crippen LogP contribution in [-0.4, -0.2) is 28.5 Å². The minimum absolute atomic E-state index is 0.236. The minimum Gasteiger partial charge on any atom is -0.750 e. The first-order valence-corrected chi connectivity index (χ1v) is 13.7. The molecule has 0 amide bonds. The molecule has 0 aliphatic carbocycles. The molecule has 0 fully saturated rings. The van der Waals surface area contributed by atoms with E-state index in [0.717, 1.165) is 31.6 Å². The molecule has 190 valence electrons. The molecule has 0 saturated heterocycles. The van der Waals surface area contributed by atoms with Crippen LogP contribution in [0, 0.1) is 0 Å². The molecule has 2 rings (SSSR count). The SMILES string of the molecule is CCCCN(CCCC)c1ccc(/C=C/C=C/C=C/c2cc[n+](CCCCOS(=O)[O-])cc2)cc1. The summed E-state index contributed by atoms with van der Waals surface area (Å²) < 4.78 is 27.2. The maximum Gasteiger partial charge on any atom is 0.169 e. The number of rotatable bonds is 17. The highest BCUT2D eigenvalue weighted by molar-refractivity contribution is 7.74. The van der Waals surface area contributed by atoms with E-state index < -0.39 is 11.4 Å². The minimum atomic E-state index is -2.41. The molecule has 0 aliphatic heterocycles. The zero-order valence-electron chi connectivity index (χ0n) is 21.2. The lowest BCUT2D eigenvalue weighted by molar-refractivity contribution is -0.697. The average molecular weight is 497 g/mol. The Morgan fingerprint density at radius 2 is 1.40 bits per heavy atom. The van der Waals surface area contributed by atoms with Gasteiger partial charge in [0.05, 0.1) is 18.0 Å². The summed E-state index contributed by atoms with van der Waals surface area (Å²) >= 11 is -2.41. The Bertz CT molecular complexity index is 929. The molecule has 0 N–H and O–H groups in total. The van der Waals surface area contributed by atoms with Crippen LogP contribution < -0.4 is 9.47 Å². The normalized spacial score (nSPS) is 12.8. The van der Waals surface area contributed by atoms with Gasteiger partial charge in [0.1, 0.15) is 6.54 Å². The number of hydrogen-bond donors (Lipinski definition) is 0. The second-order valence-electron chi connectivity index (χ2n) is 8.49. The zero-order valence-corrected chi connectivity index (χ0v) is 22.0. The molecule has 35 heavy (non-hydrogen) atoms. The van der Waals surface area contributed by atoms with Crippen molar-refractivity contribution in [2.24, 2.45) is 0 Å². The molecule has 2 aromatic rings. The van der Waals surface area contributed by atoms with Crippen LogP contribution in [0.4, 0.5) is 5.69 Å². The Hall–Kier alpha value is -2.54. The van der Waals surface area contributed by atoms with Crippen LogP contribution in [0.3, 0.4) is 0 Å². The van der Waals surface area contributed by atoms with E-state index in [2.05, 4.69) is 82.1 Å². The number of hydrogen-bond acceptors (Lipinski definition) is 4. The molecular formula is C29H40N2O3S. The number of pyridine rings is 1. The molecule has 1 atom stereocenters. The van der Waals surface area contributed by atoms with Crippen molar-refractivity contribution in [1.29, 1.82) is 0 Å². The summed E-state index contributed by atoms with van der Waals surface area (Å²) in [6.07, 6.45) is 22.9. The Labute approximate surface area is 214 Å². The number of benzene rings is 1. The summed E-state index contributed by atoms with van der Waals surface area (Å²) in [7, 11) is 0. The van der Waals surface area contributed by atoms with Crippen molar-refractivity contribution in [3.63, 3.8) is 0 Å². The highest BCUT2D eigenvalue weighted by Crippen LogP contribution is 2.18. The maximum atomic E-state index is 10.3. The Morgan fingerprint density at radius 3 is 1.94 bits per heavy atom. The third kappa shape index (κ3) is 12.6. The number of aryl methyl sites for hydroxylation is 1. The lowest BCUT2D eigenvalue weighted by Crippen LogP contribution is -2.32. The molecule has 1 heterocycles. The van der Waals surface area contributed by atoms with E-state index in [9.17, 15) is 8.76 Å². The average Bonchev–Trinajstić information content (AvgIpc) is 2.87. The third-order valence-electron chi connectivity index (χ3n) is 5.64. The smallest absolute Gasteiger partial charge is 0.169 e. The van der Waals surface area contributed by atoms with Gasteiger partial charge in [0.25, 0.3) is 0 Å². The Kier molecular flexibility index (Phi) is 14.6. The molecule has 5 nitrogen and oxygen atoms in total. The van der Waals surface area contributed by atoms with E-state index in [4.69, 9.17) is 0 Å². The van der Waals surface area contributed by atoms with Gasteiger partial charge in [0.2, 0.25) is 0 Å². The molecule has 0 aliphatic rings. The third-order valence-corrected chi connectivity index (χ3v) is 6.00. The van der Waals surface area contributed by atoms with Crippen molar-refractivity contribution < 1.29 is 17.5 Å². The maximum absolute atomic E-state index is 10.3. The van der Waals surface area contributed by atoms with E-state index >= 15 is 0 Å². The van der Waals surface area contributed by atoms with Crippen molar-refractivity contribution in [2.75, 3.05) is 24.6 Å². The van der Waals surface area contributed by atoms with Gasteiger partial charge in [0, 0.05) is 37.3 Å². The summed E-state index contributed by atoms with van der Waals surface area (Å²) in [5.41, 5.74) is 3.65. The molecule has 0 radical (unpaired) electrons. The zero-order chi connectivity index (χ0) is 25.1. The largest absolute Gasteiger partial charge is 0.750 e. The Balaban J connectivity index is 1.77. The lowest BCUT2D eigenvalue weighted by atomic mass is 10.1. The number of unbranched alkanes of at least 4 members (excludes halogenated alkanes) is 3. The molecule has 1 aromatic heterocycles. The summed E-state index contributed by atoms with van der Waals surface area (Å²) in [5, 5.41) is 0. The van der Waals surface area contributed by atoms with Gasteiger partial charge in [-0.25, -0.2) is 8.78 Å². The molecular weight excluding hydrogens is 456 g/mol. The highest BCUT2D eigenvalue weighted by atomic mass is 32.2.